The van der Waals surface area contributed by atoms with Crippen molar-refractivity contribution in [2.75, 3.05) is 10.6 Å². The van der Waals surface area contributed by atoms with Gasteiger partial charge in [-0.15, -0.1) is 11.3 Å². The first kappa shape index (κ1) is 14.4. The second-order valence-corrected chi connectivity index (χ2v) is 5.66. The van der Waals surface area contributed by atoms with E-state index in [1.165, 1.54) is 17.5 Å². The summed E-state index contributed by atoms with van der Waals surface area (Å²) in [5.41, 5.74) is 1.33. The molecule has 0 spiro atoms. The van der Waals surface area contributed by atoms with Crippen molar-refractivity contribution in [3.63, 3.8) is 0 Å². The van der Waals surface area contributed by atoms with Crippen LogP contribution in [0.3, 0.4) is 0 Å². The van der Waals surface area contributed by atoms with Crippen LogP contribution in [0, 0.1) is 0 Å². The Bertz CT molecular complexity index is 725. The smallest absolute Gasteiger partial charge is 0.278 e. The van der Waals surface area contributed by atoms with Crippen LogP contribution in [0.2, 0.25) is 0 Å². The molecule has 0 fully saturated rings. The zero-order chi connectivity index (χ0) is 15.4. The minimum atomic E-state index is -0.397. The van der Waals surface area contributed by atoms with E-state index in [2.05, 4.69) is 20.6 Å². The van der Waals surface area contributed by atoms with E-state index in [1.54, 1.807) is 23.7 Å². The van der Waals surface area contributed by atoms with Crippen LogP contribution >= 0.6 is 11.3 Å². The molecular formula is C15H14N4O2S. The van der Waals surface area contributed by atoms with E-state index in [1.807, 2.05) is 6.08 Å². The number of aromatic nitrogens is 2. The minimum absolute atomic E-state index is 0.171. The van der Waals surface area contributed by atoms with Crippen molar-refractivity contribution in [3.8, 4) is 0 Å². The maximum Gasteiger partial charge on any atom is 0.278 e. The van der Waals surface area contributed by atoms with Crippen molar-refractivity contribution in [3.05, 3.63) is 47.2 Å². The van der Waals surface area contributed by atoms with Gasteiger partial charge in [-0.2, -0.15) is 0 Å². The topological polar surface area (TPSA) is 84.0 Å². The molecule has 6 nitrogen and oxygen atoms in total. The molecule has 1 aliphatic rings. The van der Waals surface area contributed by atoms with Gasteiger partial charge in [-0.1, -0.05) is 6.08 Å². The van der Waals surface area contributed by atoms with Crippen molar-refractivity contribution in [2.45, 2.75) is 19.3 Å². The van der Waals surface area contributed by atoms with E-state index in [-0.39, 0.29) is 11.6 Å². The fourth-order valence-electron chi connectivity index (χ4n) is 2.21. The van der Waals surface area contributed by atoms with E-state index in [0.29, 0.717) is 10.8 Å². The number of nitrogens with one attached hydrogen (secondary N) is 2. The molecule has 0 saturated heterocycles. The second kappa shape index (κ2) is 6.48. The summed E-state index contributed by atoms with van der Waals surface area (Å²) >= 11 is 1.32. The molecule has 22 heavy (non-hydrogen) atoms. The van der Waals surface area contributed by atoms with Gasteiger partial charge in [-0.3, -0.25) is 14.9 Å². The number of pyridine rings is 1. The van der Waals surface area contributed by atoms with Gasteiger partial charge in [0.25, 0.3) is 11.8 Å². The van der Waals surface area contributed by atoms with Crippen LogP contribution in [0.25, 0.3) is 0 Å². The maximum absolute atomic E-state index is 12.3. The number of hydrogen-bond acceptors (Lipinski definition) is 5. The lowest BCUT2D eigenvalue weighted by molar-refractivity contribution is -0.112. The van der Waals surface area contributed by atoms with Gasteiger partial charge in [0, 0.05) is 23.3 Å². The van der Waals surface area contributed by atoms with Crippen LogP contribution in [-0.4, -0.2) is 21.8 Å². The lowest BCUT2D eigenvalue weighted by atomic mass is 10.2. The fourth-order valence-corrected chi connectivity index (χ4v) is 2.73. The molecular weight excluding hydrogens is 300 g/mol. The summed E-state index contributed by atoms with van der Waals surface area (Å²) in [5.74, 6) is -0.569. The van der Waals surface area contributed by atoms with Crippen LogP contribution in [-0.2, 0) is 4.79 Å². The van der Waals surface area contributed by atoms with E-state index >= 15 is 0 Å². The lowest BCUT2D eigenvalue weighted by Crippen LogP contribution is -2.20. The average Bonchev–Trinajstić information content (AvgIpc) is 3.21. The number of rotatable bonds is 4. The van der Waals surface area contributed by atoms with Crippen molar-refractivity contribution in [1.29, 1.82) is 0 Å². The largest absolute Gasteiger partial charge is 0.320 e. The lowest BCUT2D eigenvalue weighted by Gasteiger charge is -2.10. The Morgan fingerprint density at radius 1 is 1.14 bits per heavy atom. The van der Waals surface area contributed by atoms with Crippen molar-refractivity contribution >= 4 is 34.0 Å². The molecule has 0 aliphatic heterocycles. The highest BCUT2D eigenvalue weighted by molar-refractivity contribution is 7.13. The van der Waals surface area contributed by atoms with Gasteiger partial charge in [-0.05, 0) is 31.4 Å². The quantitative estimate of drug-likeness (QED) is 0.909. The predicted molar refractivity (Wildman–Crippen MR) is 84.9 cm³/mol. The highest BCUT2D eigenvalue weighted by atomic mass is 32.1. The molecule has 112 valence electrons. The number of carbonyl (C=O) groups excluding carboxylic acids is 2. The number of allylic oxidation sites excluding steroid dienone is 1. The summed E-state index contributed by atoms with van der Waals surface area (Å²) in [6.07, 6.45) is 7.74. The Labute approximate surface area is 131 Å². The molecule has 0 unspecified atom stereocenters. The standard InChI is InChI=1S/C15H14N4O2S/c20-13(10-4-1-2-5-10)18-11-6-3-7-16-12(11)14(21)19-15-17-8-9-22-15/h3-4,6-9H,1-2,5H2,(H,18,20)(H,17,19,21). The minimum Gasteiger partial charge on any atom is -0.320 e. The number of thiazole rings is 1. The fraction of sp³-hybridized carbons (Fsp3) is 0.200. The molecule has 2 aromatic heterocycles. The average molecular weight is 314 g/mol. The third kappa shape index (κ3) is 3.20. The van der Waals surface area contributed by atoms with Crippen LogP contribution < -0.4 is 10.6 Å². The normalized spacial score (nSPS) is 13.5. The number of hydrogen-bond donors (Lipinski definition) is 2. The van der Waals surface area contributed by atoms with Crippen LogP contribution in [0.5, 0.6) is 0 Å². The van der Waals surface area contributed by atoms with Gasteiger partial charge in [-0.25, -0.2) is 9.97 Å². The molecule has 0 saturated carbocycles. The molecule has 2 amide bonds. The molecule has 0 radical (unpaired) electrons. The zero-order valence-electron chi connectivity index (χ0n) is 11.7. The first-order chi connectivity index (χ1) is 10.7. The summed E-state index contributed by atoms with van der Waals surface area (Å²) in [4.78, 5) is 32.5. The van der Waals surface area contributed by atoms with E-state index in [4.69, 9.17) is 0 Å². The van der Waals surface area contributed by atoms with Crippen molar-refractivity contribution in [2.24, 2.45) is 0 Å². The first-order valence-corrected chi connectivity index (χ1v) is 7.78. The monoisotopic (exact) mass is 314 g/mol. The van der Waals surface area contributed by atoms with Crippen molar-refractivity contribution in [1.82, 2.24) is 9.97 Å². The molecule has 7 heteroatoms. The third-order valence-corrected chi connectivity index (χ3v) is 3.94. The molecule has 2 heterocycles. The predicted octanol–water partition coefficient (Wildman–Crippen LogP) is 2.84. The maximum atomic E-state index is 12.3. The van der Waals surface area contributed by atoms with Gasteiger partial charge in [0.2, 0.25) is 0 Å². The Kier molecular flexibility index (Phi) is 4.24. The SMILES string of the molecule is O=C(Nc1cccnc1C(=O)Nc1nccs1)C1=CCCC1. The Morgan fingerprint density at radius 3 is 2.77 bits per heavy atom. The second-order valence-electron chi connectivity index (χ2n) is 4.77. The molecule has 0 atom stereocenters. The Balaban J connectivity index is 1.77. The van der Waals surface area contributed by atoms with Gasteiger partial charge >= 0.3 is 0 Å². The third-order valence-electron chi connectivity index (χ3n) is 3.26. The highest BCUT2D eigenvalue weighted by Crippen LogP contribution is 2.21. The van der Waals surface area contributed by atoms with Gasteiger partial charge in [0.1, 0.15) is 0 Å². The van der Waals surface area contributed by atoms with Crippen molar-refractivity contribution < 1.29 is 9.59 Å². The summed E-state index contributed by atoms with van der Waals surface area (Å²) < 4.78 is 0. The zero-order valence-corrected chi connectivity index (χ0v) is 12.5. The summed E-state index contributed by atoms with van der Waals surface area (Å²) in [7, 11) is 0. The number of anilines is 2. The number of nitrogens with zero attached hydrogens (tertiary/aromatic N) is 2. The Hall–Kier alpha value is -2.54. The van der Waals surface area contributed by atoms with E-state index < -0.39 is 5.91 Å². The molecule has 0 aromatic carbocycles. The Morgan fingerprint density at radius 2 is 2.05 bits per heavy atom. The van der Waals surface area contributed by atoms with Crippen LogP contribution in [0.1, 0.15) is 29.8 Å². The highest BCUT2D eigenvalue weighted by Gasteiger charge is 2.18. The molecule has 2 aromatic rings. The van der Waals surface area contributed by atoms with Crippen LogP contribution in [0.4, 0.5) is 10.8 Å². The first-order valence-electron chi connectivity index (χ1n) is 6.90. The van der Waals surface area contributed by atoms with Gasteiger partial charge in [0.05, 0.1) is 5.69 Å². The van der Waals surface area contributed by atoms with Crippen LogP contribution in [0.15, 0.2) is 41.6 Å². The molecule has 1 aliphatic carbocycles. The van der Waals surface area contributed by atoms with E-state index in [9.17, 15) is 9.59 Å². The van der Waals surface area contributed by atoms with Gasteiger partial charge in [0.15, 0.2) is 10.8 Å². The van der Waals surface area contributed by atoms with Gasteiger partial charge < -0.3 is 5.32 Å². The summed E-state index contributed by atoms with van der Waals surface area (Å²) in [5, 5.41) is 7.69. The van der Waals surface area contributed by atoms with E-state index in [0.717, 1.165) is 24.8 Å². The molecule has 3 rings (SSSR count). The summed E-state index contributed by atoms with van der Waals surface area (Å²) in [6, 6.07) is 3.34. The number of carbonyl (C=O) groups is 2. The molecule has 0 bridgehead atoms. The summed E-state index contributed by atoms with van der Waals surface area (Å²) in [6.45, 7) is 0. The number of amides is 2. The molecule has 2 N–H and O–H groups in total.